The van der Waals surface area contributed by atoms with Crippen LogP contribution in [0.1, 0.15) is 38.8 Å². The monoisotopic (exact) mass is 211 g/mol. The number of aromatic nitrogens is 1. The zero-order valence-electron chi connectivity index (χ0n) is 8.73. The normalized spacial score (nSPS) is 38.5. The lowest BCUT2D eigenvalue weighted by atomic mass is 9.69. The summed E-state index contributed by atoms with van der Waals surface area (Å²) < 4.78 is 4.29. The lowest BCUT2D eigenvalue weighted by Crippen LogP contribution is -2.40. The van der Waals surface area contributed by atoms with Gasteiger partial charge in [-0.1, -0.05) is 20.3 Å². The van der Waals surface area contributed by atoms with Crippen LogP contribution >= 0.6 is 11.5 Å². The van der Waals surface area contributed by atoms with E-state index in [9.17, 15) is 5.11 Å². The molecule has 2 rings (SSSR count). The molecule has 1 aromatic heterocycles. The van der Waals surface area contributed by atoms with Crippen LogP contribution < -0.4 is 0 Å². The summed E-state index contributed by atoms with van der Waals surface area (Å²) in [5, 5.41) is 12.6. The Bertz CT molecular complexity index is 298. The molecule has 1 N–H and O–H groups in total. The first-order valence-electron chi connectivity index (χ1n) is 5.28. The number of rotatable bonds is 1. The molecule has 3 heteroatoms. The molecule has 2 nitrogen and oxygen atoms in total. The van der Waals surface area contributed by atoms with E-state index in [0.717, 1.165) is 18.5 Å². The van der Waals surface area contributed by atoms with Gasteiger partial charge in [-0.2, -0.15) is 4.37 Å². The van der Waals surface area contributed by atoms with E-state index in [0.29, 0.717) is 11.8 Å². The highest BCUT2D eigenvalue weighted by atomic mass is 32.1. The van der Waals surface area contributed by atoms with Crippen molar-refractivity contribution in [2.75, 3.05) is 0 Å². The van der Waals surface area contributed by atoms with E-state index in [2.05, 4.69) is 18.2 Å². The van der Waals surface area contributed by atoms with Gasteiger partial charge < -0.3 is 5.11 Å². The lowest BCUT2D eigenvalue weighted by Gasteiger charge is -2.40. The van der Waals surface area contributed by atoms with Crippen LogP contribution in [0.4, 0.5) is 0 Å². The van der Waals surface area contributed by atoms with Gasteiger partial charge in [0.05, 0.1) is 5.69 Å². The molecular weight excluding hydrogens is 194 g/mol. The van der Waals surface area contributed by atoms with Crippen molar-refractivity contribution in [3.8, 4) is 0 Å². The van der Waals surface area contributed by atoms with Crippen LogP contribution in [-0.2, 0) is 5.60 Å². The summed E-state index contributed by atoms with van der Waals surface area (Å²) in [5.41, 5.74) is 0.207. The molecule has 0 saturated heterocycles. The second-order valence-corrected chi connectivity index (χ2v) is 5.13. The molecule has 0 amide bonds. The Balaban J connectivity index is 2.30. The van der Waals surface area contributed by atoms with Gasteiger partial charge in [0.1, 0.15) is 5.60 Å². The molecule has 1 aliphatic rings. The predicted octanol–water partition coefficient (Wildman–Crippen LogP) is 2.79. The molecule has 0 bridgehead atoms. The summed E-state index contributed by atoms with van der Waals surface area (Å²) >= 11 is 1.43. The Kier molecular flexibility index (Phi) is 2.62. The maximum absolute atomic E-state index is 10.6. The Labute approximate surface area is 89.1 Å². The van der Waals surface area contributed by atoms with Crippen molar-refractivity contribution < 1.29 is 5.11 Å². The molecule has 0 aromatic carbocycles. The minimum atomic E-state index is -0.669. The number of hydrogen-bond donors (Lipinski definition) is 1. The van der Waals surface area contributed by atoms with Crippen molar-refractivity contribution in [3.63, 3.8) is 0 Å². The molecule has 0 aliphatic heterocycles. The molecule has 3 atom stereocenters. The average molecular weight is 211 g/mol. The summed E-state index contributed by atoms with van der Waals surface area (Å²) in [6.45, 7) is 4.37. The Morgan fingerprint density at radius 1 is 1.57 bits per heavy atom. The van der Waals surface area contributed by atoms with Crippen molar-refractivity contribution in [3.05, 3.63) is 17.1 Å². The SMILES string of the molecule is CC1CCCC(O)(c2ccsn2)C1C. The molecule has 1 saturated carbocycles. The van der Waals surface area contributed by atoms with Crippen molar-refractivity contribution >= 4 is 11.5 Å². The highest BCUT2D eigenvalue weighted by molar-refractivity contribution is 7.03. The summed E-state index contributed by atoms with van der Waals surface area (Å²) in [7, 11) is 0. The third-order valence-corrected chi connectivity index (χ3v) is 4.27. The first-order valence-corrected chi connectivity index (χ1v) is 6.11. The molecule has 1 aliphatic carbocycles. The standard InChI is InChI=1S/C11H17NOS/c1-8-4-3-6-11(13,9(8)2)10-5-7-14-12-10/h5,7-9,13H,3-4,6H2,1-2H3. The van der Waals surface area contributed by atoms with Gasteiger partial charge in [0.25, 0.3) is 0 Å². The van der Waals surface area contributed by atoms with Gasteiger partial charge in [-0.25, -0.2) is 0 Å². The van der Waals surface area contributed by atoms with Gasteiger partial charge in [-0.05, 0) is 42.3 Å². The van der Waals surface area contributed by atoms with Crippen LogP contribution in [0.2, 0.25) is 0 Å². The van der Waals surface area contributed by atoms with Crippen LogP contribution in [-0.4, -0.2) is 9.48 Å². The zero-order chi connectivity index (χ0) is 10.2. The maximum atomic E-state index is 10.6. The lowest BCUT2D eigenvalue weighted by molar-refractivity contribution is -0.0714. The van der Waals surface area contributed by atoms with E-state index in [1.54, 1.807) is 0 Å². The van der Waals surface area contributed by atoms with Crippen LogP contribution in [0.5, 0.6) is 0 Å². The minimum absolute atomic E-state index is 0.318. The minimum Gasteiger partial charge on any atom is -0.383 e. The van der Waals surface area contributed by atoms with Crippen molar-refractivity contribution in [2.45, 2.75) is 38.7 Å². The van der Waals surface area contributed by atoms with Gasteiger partial charge in [0.2, 0.25) is 0 Å². The van der Waals surface area contributed by atoms with Crippen LogP contribution in [0, 0.1) is 11.8 Å². The largest absolute Gasteiger partial charge is 0.383 e. The predicted molar refractivity (Wildman–Crippen MR) is 58.2 cm³/mol. The molecule has 14 heavy (non-hydrogen) atoms. The fraction of sp³-hybridized carbons (Fsp3) is 0.727. The second-order valence-electron chi connectivity index (χ2n) is 4.47. The Morgan fingerprint density at radius 3 is 3.00 bits per heavy atom. The van der Waals surface area contributed by atoms with Crippen LogP contribution in [0.25, 0.3) is 0 Å². The van der Waals surface area contributed by atoms with Crippen molar-refractivity contribution in [1.82, 2.24) is 4.37 Å². The molecule has 0 radical (unpaired) electrons. The first-order chi connectivity index (χ1) is 6.64. The number of hydrogen-bond acceptors (Lipinski definition) is 3. The summed E-state index contributed by atoms with van der Waals surface area (Å²) in [6.07, 6.45) is 3.20. The Morgan fingerprint density at radius 2 is 2.36 bits per heavy atom. The molecule has 0 spiro atoms. The summed E-state index contributed by atoms with van der Waals surface area (Å²) in [5.74, 6) is 0.911. The topological polar surface area (TPSA) is 33.1 Å². The van der Waals surface area contributed by atoms with Gasteiger partial charge in [-0.3, -0.25) is 0 Å². The maximum Gasteiger partial charge on any atom is 0.110 e. The Hall–Kier alpha value is -0.410. The van der Waals surface area contributed by atoms with E-state index < -0.39 is 5.60 Å². The molecule has 3 unspecified atom stereocenters. The van der Waals surface area contributed by atoms with Crippen LogP contribution in [0.15, 0.2) is 11.4 Å². The van der Waals surface area contributed by atoms with Gasteiger partial charge in [0, 0.05) is 5.38 Å². The fourth-order valence-corrected chi connectivity index (χ4v) is 3.02. The zero-order valence-corrected chi connectivity index (χ0v) is 9.55. The highest BCUT2D eigenvalue weighted by Crippen LogP contribution is 2.43. The fourth-order valence-electron chi connectivity index (χ4n) is 2.44. The average Bonchev–Trinajstić information content (AvgIpc) is 2.67. The van der Waals surface area contributed by atoms with E-state index in [1.165, 1.54) is 18.0 Å². The summed E-state index contributed by atoms with van der Waals surface area (Å²) in [4.78, 5) is 0. The first kappa shape index (κ1) is 10.1. The quantitative estimate of drug-likeness (QED) is 0.775. The molecule has 1 fully saturated rings. The second kappa shape index (κ2) is 3.63. The van der Waals surface area contributed by atoms with Gasteiger partial charge in [0.15, 0.2) is 0 Å². The number of nitrogens with zero attached hydrogens (tertiary/aromatic N) is 1. The number of aliphatic hydroxyl groups is 1. The van der Waals surface area contributed by atoms with Crippen LogP contribution in [0.3, 0.4) is 0 Å². The molecule has 1 aromatic rings. The third kappa shape index (κ3) is 1.48. The van der Waals surface area contributed by atoms with E-state index in [4.69, 9.17) is 0 Å². The van der Waals surface area contributed by atoms with E-state index in [1.807, 2.05) is 11.4 Å². The van der Waals surface area contributed by atoms with Gasteiger partial charge in [-0.15, -0.1) is 0 Å². The van der Waals surface area contributed by atoms with Gasteiger partial charge >= 0.3 is 0 Å². The molecule has 1 heterocycles. The summed E-state index contributed by atoms with van der Waals surface area (Å²) in [6, 6.07) is 1.96. The van der Waals surface area contributed by atoms with Crippen molar-refractivity contribution in [1.29, 1.82) is 0 Å². The van der Waals surface area contributed by atoms with Crippen molar-refractivity contribution in [2.24, 2.45) is 11.8 Å². The highest BCUT2D eigenvalue weighted by Gasteiger charge is 2.42. The molecular formula is C11H17NOS. The third-order valence-electron chi connectivity index (χ3n) is 3.71. The van der Waals surface area contributed by atoms with E-state index in [-0.39, 0.29) is 0 Å². The molecule has 78 valence electrons. The smallest absolute Gasteiger partial charge is 0.110 e. The van der Waals surface area contributed by atoms with E-state index >= 15 is 0 Å².